The minimum absolute atomic E-state index is 0.123. The van der Waals surface area contributed by atoms with Gasteiger partial charge in [0.1, 0.15) is 0 Å². The fourth-order valence-corrected chi connectivity index (χ4v) is 5.10. The first kappa shape index (κ1) is 29.7. The molecule has 1 atom stereocenters. The molecular formula is C26H26F3N3O6S. The van der Waals surface area contributed by atoms with Crippen LogP contribution in [0.4, 0.5) is 18.9 Å². The van der Waals surface area contributed by atoms with Crippen molar-refractivity contribution in [3.8, 4) is 0 Å². The molecule has 0 bridgehead atoms. The third kappa shape index (κ3) is 8.09. The van der Waals surface area contributed by atoms with Gasteiger partial charge in [0.15, 0.2) is 4.90 Å². The lowest BCUT2D eigenvalue weighted by Crippen LogP contribution is -2.47. The average molecular weight is 566 g/mol. The van der Waals surface area contributed by atoms with Crippen molar-refractivity contribution < 1.29 is 36.4 Å². The number of benzene rings is 3. The van der Waals surface area contributed by atoms with E-state index < -0.39 is 62.4 Å². The van der Waals surface area contributed by atoms with Crippen molar-refractivity contribution in [3.63, 3.8) is 0 Å². The number of rotatable bonds is 12. The van der Waals surface area contributed by atoms with Crippen molar-refractivity contribution in [2.24, 2.45) is 0 Å². The number of nitrogens with one attached hydrogen (secondary N) is 1. The van der Waals surface area contributed by atoms with E-state index in [0.29, 0.717) is 6.42 Å². The predicted molar refractivity (Wildman–Crippen MR) is 136 cm³/mol. The summed E-state index contributed by atoms with van der Waals surface area (Å²) in [5.41, 5.74) is -0.582. The highest BCUT2D eigenvalue weighted by atomic mass is 32.2. The molecular weight excluding hydrogens is 539 g/mol. The van der Waals surface area contributed by atoms with Gasteiger partial charge in [0.25, 0.3) is 5.69 Å². The summed E-state index contributed by atoms with van der Waals surface area (Å²) in [6, 6.07) is 17.2. The van der Waals surface area contributed by atoms with Gasteiger partial charge in [-0.3, -0.25) is 14.9 Å². The monoisotopic (exact) mass is 565 g/mol. The molecule has 2 N–H and O–H groups in total. The van der Waals surface area contributed by atoms with E-state index in [-0.39, 0.29) is 18.5 Å². The summed E-state index contributed by atoms with van der Waals surface area (Å²) in [6.45, 7) is -1.71. The lowest BCUT2D eigenvalue weighted by atomic mass is 10.0. The first-order chi connectivity index (χ1) is 18.4. The van der Waals surface area contributed by atoms with E-state index in [1.807, 2.05) is 35.1 Å². The van der Waals surface area contributed by atoms with Crippen LogP contribution < -0.4 is 4.72 Å². The summed E-state index contributed by atoms with van der Waals surface area (Å²) in [5.74, 6) is -0.832. The summed E-state index contributed by atoms with van der Waals surface area (Å²) in [5, 5.41) is 21.4. The van der Waals surface area contributed by atoms with Crippen LogP contribution in [0.1, 0.15) is 23.1 Å². The lowest BCUT2D eigenvalue weighted by molar-refractivity contribution is -0.387. The zero-order valence-electron chi connectivity index (χ0n) is 20.5. The number of halogens is 3. The predicted octanol–water partition coefficient (Wildman–Crippen LogP) is 3.91. The van der Waals surface area contributed by atoms with E-state index in [2.05, 4.69) is 0 Å². The molecule has 0 unspecified atom stereocenters. The van der Waals surface area contributed by atoms with E-state index in [1.54, 1.807) is 0 Å². The van der Waals surface area contributed by atoms with Crippen LogP contribution in [0.5, 0.6) is 0 Å². The number of nitro benzene ring substituents is 1. The number of nitro groups is 1. The largest absolute Gasteiger partial charge is 0.416 e. The summed E-state index contributed by atoms with van der Waals surface area (Å²) < 4.78 is 67.4. The second-order valence-electron chi connectivity index (χ2n) is 8.63. The highest BCUT2D eigenvalue weighted by molar-refractivity contribution is 7.89. The van der Waals surface area contributed by atoms with Crippen molar-refractivity contribution in [1.82, 2.24) is 9.62 Å². The Morgan fingerprint density at radius 3 is 2.28 bits per heavy atom. The number of carbonyl (C=O) groups excluding carboxylic acids is 1. The molecule has 0 heterocycles. The molecule has 3 aromatic rings. The van der Waals surface area contributed by atoms with Gasteiger partial charge in [-0.15, -0.1) is 0 Å². The van der Waals surface area contributed by atoms with Crippen LogP contribution in [0.15, 0.2) is 83.8 Å². The van der Waals surface area contributed by atoms with Gasteiger partial charge in [0.05, 0.1) is 29.7 Å². The van der Waals surface area contributed by atoms with Crippen molar-refractivity contribution >= 4 is 21.6 Å². The molecule has 3 rings (SSSR count). The molecule has 208 valence electrons. The molecule has 0 spiro atoms. The van der Waals surface area contributed by atoms with Gasteiger partial charge in [-0.2, -0.15) is 13.2 Å². The van der Waals surface area contributed by atoms with Crippen molar-refractivity contribution in [2.45, 2.75) is 36.5 Å². The molecule has 0 aliphatic carbocycles. The van der Waals surface area contributed by atoms with Gasteiger partial charge >= 0.3 is 6.18 Å². The molecule has 1 amide bonds. The van der Waals surface area contributed by atoms with Crippen LogP contribution >= 0.6 is 0 Å². The molecule has 0 radical (unpaired) electrons. The standard InChI is InChI=1S/C26H26F3N3O6S/c27-26(28,29)21-10-6-9-20(15-21)17-31(22(18-33)14-13-19-7-2-1-3-8-19)25(34)16-30-39(37,38)24-12-5-4-11-23(24)32(35)36/h1-12,15,22,30,33H,13-14,16-18H2/t22-/m0/s1. The molecule has 3 aromatic carbocycles. The third-order valence-electron chi connectivity index (χ3n) is 5.95. The first-order valence-electron chi connectivity index (χ1n) is 11.8. The van der Waals surface area contributed by atoms with Crippen molar-refractivity contribution in [1.29, 1.82) is 0 Å². The van der Waals surface area contributed by atoms with E-state index >= 15 is 0 Å². The minimum Gasteiger partial charge on any atom is -0.394 e. The van der Waals surface area contributed by atoms with Crippen LogP contribution in [0.2, 0.25) is 0 Å². The lowest BCUT2D eigenvalue weighted by Gasteiger charge is -2.31. The molecule has 9 nitrogen and oxygen atoms in total. The summed E-state index contributed by atoms with van der Waals surface area (Å²) >= 11 is 0. The number of carbonyl (C=O) groups is 1. The van der Waals surface area contributed by atoms with Crippen LogP contribution in [-0.2, 0) is 34.0 Å². The van der Waals surface area contributed by atoms with Gasteiger partial charge in [0, 0.05) is 12.6 Å². The minimum atomic E-state index is -4.62. The maximum absolute atomic E-state index is 13.3. The Morgan fingerprint density at radius 1 is 1.00 bits per heavy atom. The third-order valence-corrected chi connectivity index (χ3v) is 7.40. The molecule has 39 heavy (non-hydrogen) atoms. The zero-order valence-corrected chi connectivity index (χ0v) is 21.4. The number of aliphatic hydroxyl groups is 1. The van der Waals surface area contributed by atoms with E-state index in [4.69, 9.17) is 0 Å². The van der Waals surface area contributed by atoms with Crippen LogP contribution in [0.25, 0.3) is 0 Å². The molecule has 0 saturated heterocycles. The number of aryl methyl sites for hydroxylation is 1. The average Bonchev–Trinajstić information content (AvgIpc) is 2.91. The number of para-hydroxylation sites is 1. The van der Waals surface area contributed by atoms with Crippen molar-refractivity contribution in [2.75, 3.05) is 13.2 Å². The van der Waals surface area contributed by atoms with E-state index in [1.165, 1.54) is 24.3 Å². The summed E-state index contributed by atoms with van der Waals surface area (Å²) in [4.78, 5) is 24.1. The summed E-state index contributed by atoms with van der Waals surface area (Å²) in [7, 11) is -4.50. The molecule has 0 saturated carbocycles. The van der Waals surface area contributed by atoms with Crippen LogP contribution in [0, 0.1) is 10.1 Å². The number of hydrogen-bond donors (Lipinski definition) is 2. The maximum atomic E-state index is 13.3. The fourth-order valence-electron chi connectivity index (χ4n) is 3.96. The second kappa shape index (κ2) is 12.8. The Morgan fingerprint density at radius 2 is 1.64 bits per heavy atom. The highest BCUT2D eigenvalue weighted by Crippen LogP contribution is 2.30. The van der Waals surface area contributed by atoms with E-state index in [0.717, 1.165) is 34.7 Å². The van der Waals surface area contributed by atoms with Crippen molar-refractivity contribution in [3.05, 3.63) is 106 Å². The number of sulfonamides is 1. The number of amides is 1. The molecule has 0 fully saturated rings. The Balaban J connectivity index is 1.86. The number of aliphatic hydroxyl groups excluding tert-OH is 1. The highest BCUT2D eigenvalue weighted by Gasteiger charge is 2.32. The molecule has 0 aromatic heterocycles. The van der Waals surface area contributed by atoms with E-state index in [9.17, 15) is 41.6 Å². The number of hydrogen-bond acceptors (Lipinski definition) is 6. The van der Waals surface area contributed by atoms with Gasteiger partial charge in [-0.25, -0.2) is 13.1 Å². The van der Waals surface area contributed by atoms with Crippen LogP contribution in [-0.4, -0.2) is 48.4 Å². The second-order valence-corrected chi connectivity index (χ2v) is 10.4. The fraction of sp³-hybridized carbons (Fsp3) is 0.269. The molecule has 0 aliphatic heterocycles. The smallest absolute Gasteiger partial charge is 0.394 e. The SMILES string of the molecule is O=C(CNS(=O)(=O)c1ccccc1[N+](=O)[O-])N(Cc1cccc(C(F)(F)F)c1)[C@H](CO)CCc1ccccc1. The first-order valence-corrected chi connectivity index (χ1v) is 13.2. The Hall–Kier alpha value is -3.81. The van der Waals surface area contributed by atoms with Gasteiger partial charge in [0.2, 0.25) is 15.9 Å². The normalized spacial score (nSPS) is 12.6. The zero-order chi connectivity index (χ0) is 28.6. The topological polar surface area (TPSA) is 130 Å². The number of nitrogens with zero attached hydrogens (tertiary/aromatic N) is 2. The van der Waals surface area contributed by atoms with Gasteiger partial charge < -0.3 is 10.0 Å². The van der Waals surface area contributed by atoms with Crippen LogP contribution in [0.3, 0.4) is 0 Å². The maximum Gasteiger partial charge on any atom is 0.416 e. The molecule has 0 aliphatic rings. The Kier molecular flexibility index (Phi) is 9.78. The Labute approximate surface area is 223 Å². The number of alkyl halides is 3. The summed E-state index contributed by atoms with van der Waals surface area (Å²) in [6.07, 6.45) is -3.95. The van der Waals surface area contributed by atoms with Gasteiger partial charge in [-0.1, -0.05) is 54.6 Å². The quantitative estimate of drug-likeness (QED) is 0.253. The Bertz CT molecular complexity index is 1400. The van der Waals surface area contributed by atoms with Gasteiger partial charge in [-0.05, 0) is 42.2 Å². The molecule has 13 heteroatoms.